The van der Waals surface area contributed by atoms with Crippen LogP contribution in [0.15, 0.2) is 78.6 Å². The number of anilines is 1. The third-order valence-electron chi connectivity index (χ3n) is 6.60. The number of nitro groups is 1. The van der Waals surface area contributed by atoms with E-state index in [4.69, 9.17) is 4.74 Å². The number of phenolic OH excluding ortho intramolecular Hbond substituents is 1. The Morgan fingerprint density at radius 2 is 1.69 bits per heavy atom. The summed E-state index contributed by atoms with van der Waals surface area (Å²) in [6.07, 6.45) is 2.08. The molecule has 10 nitrogen and oxygen atoms in total. The minimum absolute atomic E-state index is 0.112. The van der Waals surface area contributed by atoms with E-state index in [-0.39, 0.29) is 35.4 Å². The van der Waals surface area contributed by atoms with Crippen LogP contribution in [0.1, 0.15) is 35.3 Å². The molecule has 1 amide bonds. The summed E-state index contributed by atoms with van der Waals surface area (Å²) in [6, 6.07) is 16.9. The second-order valence-electron chi connectivity index (χ2n) is 9.60. The van der Waals surface area contributed by atoms with Gasteiger partial charge in [0, 0.05) is 24.4 Å². The molecule has 0 spiro atoms. The normalized spacial score (nSPS) is 15.3. The van der Waals surface area contributed by atoms with E-state index in [2.05, 4.69) is 0 Å². The van der Waals surface area contributed by atoms with Crippen LogP contribution in [0.25, 0.3) is 0 Å². The number of nitrogens with zero attached hydrogens (tertiary/aromatic N) is 3. The van der Waals surface area contributed by atoms with E-state index < -0.39 is 22.6 Å². The number of carboxylic acids is 1. The summed E-state index contributed by atoms with van der Waals surface area (Å²) >= 11 is 0. The SMILES string of the molecule is COc1ccc(CC2=CN(c3ccc(C(=O)O)cc3[N+](=O)[O-])[C@@H](C(C)C)C(=O)N2Cc2ccc(O)cc2)cc1. The van der Waals surface area contributed by atoms with E-state index in [1.807, 2.05) is 38.1 Å². The molecular weight excluding hydrogens is 502 g/mol. The number of allylic oxidation sites excluding steroid dienone is 1. The lowest BCUT2D eigenvalue weighted by Crippen LogP contribution is -2.53. The summed E-state index contributed by atoms with van der Waals surface area (Å²) in [6.45, 7) is 3.94. The number of carbonyl (C=O) groups is 2. The van der Waals surface area contributed by atoms with Gasteiger partial charge in [0.2, 0.25) is 5.91 Å². The molecular formula is C29H29N3O7. The lowest BCUT2D eigenvalue weighted by atomic mass is 9.95. The number of carbonyl (C=O) groups excluding carboxylic acids is 1. The van der Waals surface area contributed by atoms with Crippen LogP contribution in [0.4, 0.5) is 11.4 Å². The van der Waals surface area contributed by atoms with Crippen LogP contribution in [-0.2, 0) is 17.8 Å². The summed E-state index contributed by atoms with van der Waals surface area (Å²) in [5.74, 6) is -0.973. The number of benzene rings is 3. The molecule has 0 radical (unpaired) electrons. The van der Waals surface area contributed by atoms with Crippen molar-refractivity contribution < 1.29 is 29.5 Å². The molecule has 0 aliphatic carbocycles. The third kappa shape index (κ3) is 5.85. The van der Waals surface area contributed by atoms with E-state index in [9.17, 15) is 29.9 Å². The minimum Gasteiger partial charge on any atom is -0.508 e. The van der Waals surface area contributed by atoms with Crippen LogP contribution in [0.3, 0.4) is 0 Å². The van der Waals surface area contributed by atoms with Crippen LogP contribution >= 0.6 is 0 Å². The zero-order valence-electron chi connectivity index (χ0n) is 21.8. The van der Waals surface area contributed by atoms with Crippen molar-refractivity contribution >= 4 is 23.3 Å². The van der Waals surface area contributed by atoms with Gasteiger partial charge in [-0.05, 0) is 53.4 Å². The Morgan fingerprint density at radius 1 is 1.05 bits per heavy atom. The van der Waals surface area contributed by atoms with Gasteiger partial charge in [-0.3, -0.25) is 14.9 Å². The molecule has 1 atom stereocenters. The number of hydrogen-bond acceptors (Lipinski definition) is 7. The van der Waals surface area contributed by atoms with Crippen molar-refractivity contribution in [2.24, 2.45) is 5.92 Å². The highest BCUT2D eigenvalue weighted by Gasteiger charge is 2.40. The van der Waals surface area contributed by atoms with E-state index in [0.29, 0.717) is 17.9 Å². The Kier molecular flexibility index (Phi) is 7.85. The Labute approximate surface area is 225 Å². The van der Waals surface area contributed by atoms with Gasteiger partial charge in [-0.25, -0.2) is 4.79 Å². The van der Waals surface area contributed by atoms with Crippen molar-refractivity contribution in [3.05, 3.63) is 105 Å². The van der Waals surface area contributed by atoms with Crippen LogP contribution in [-0.4, -0.2) is 45.1 Å². The van der Waals surface area contributed by atoms with Gasteiger partial charge in [0.15, 0.2) is 0 Å². The zero-order valence-corrected chi connectivity index (χ0v) is 21.8. The molecule has 0 saturated carbocycles. The smallest absolute Gasteiger partial charge is 0.335 e. The first-order chi connectivity index (χ1) is 18.6. The predicted molar refractivity (Wildman–Crippen MR) is 145 cm³/mol. The van der Waals surface area contributed by atoms with Gasteiger partial charge in [0.1, 0.15) is 23.2 Å². The maximum atomic E-state index is 14.1. The number of ether oxygens (including phenoxy) is 1. The first-order valence-corrected chi connectivity index (χ1v) is 12.3. The summed E-state index contributed by atoms with van der Waals surface area (Å²) < 4.78 is 5.25. The largest absolute Gasteiger partial charge is 0.508 e. The van der Waals surface area contributed by atoms with Gasteiger partial charge in [-0.2, -0.15) is 0 Å². The summed E-state index contributed by atoms with van der Waals surface area (Å²) in [5, 5.41) is 31.1. The lowest BCUT2D eigenvalue weighted by Gasteiger charge is -2.42. The summed E-state index contributed by atoms with van der Waals surface area (Å²) in [4.78, 5) is 40.2. The average molecular weight is 532 g/mol. The van der Waals surface area contributed by atoms with E-state index >= 15 is 0 Å². The molecule has 0 unspecified atom stereocenters. The summed E-state index contributed by atoms with van der Waals surface area (Å²) in [7, 11) is 1.57. The van der Waals surface area contributed by atoms with Crippen LogP contribution in [0.2, 0.25) is 0 Å². The van der Waals surface area contributed by atoms with Crippen molar-refractivity contribution in [3.63, 3.8) is 0 Å². The molecule has 3 aromatic carbocycles. The molecule has 10 heteroatoms. The minimum atomic E-state index is -1.28. The van der Waals surface area contributed by atoms with Gasteiger partial charge >= 0.3 is 5.97 Å². The topological polar surface area (TPSA) is 133 Å². The quantitative estimate of drug-likeness (QED) is 0.292. The molecule has 0 fully saturated rings. The van der Waals surface area contributed by atoms with E-state index in [0.717, 1.165) is 17.2 Å². The van der Waals surface area contributed by atoms with Crippen LogP contribution < -0.4 is 9.64 Å². The average Bonchev–Trinajstić information content (AvgIpc) is 2.91. The molecule has 4 rings (SSSR count). The van der Waals surface area contributed by atoms with Crippen molar-refractivity contribution in [3.8, 4) is 11.5 Å². The monoisotopic (exact) mass is 531 g/mol. The Balaban J connectivity index is 1.85. The lowest BCUT2D eigenvalue weighted by molar-refractivity contribution is -0.384. The number of nitro benzene ring substituents is 1. The molecule has 0 aromatic heterocycles. The first-order valence-electron chi connectivity index (χ1n) is 12.3. The highest BCUT2D eigenvalue weighted by molar-refractivity contribution is 5.93. The Hall–Kier alpha value is -4.86. The molecule has 202 valence electrons. The van der Waals surface area contributed by atoms with E-state index in [1.165, 1.54) is 12.1 Å². The van der Waals surface area contributed by atoms with Gasteiger partial charge in [-0.15, -0.1) is 0 Å². The number of amides is 1. The molecule has 1 heterocycles. The molecule has 1 aliphatic heterocycles. The van der Waals surface area contributed by atoms with E-state index in [1.54, 1.807) is 47.4 Å². The maximum Gasteiger partial charge on any atom is 0.335 e. The van der Waals surface area contributed by atoms with Crippen molar-refractivity contribution in [1.82, 2.24) is 4.90 Å². The molecule has 0 bridgehead atoms. The standard InChI is InChI=1S/C29H29N3O7/c1-18(2)27-28(34)30(16-20-4-9-23(33)10-5-20)22(14-19-6-11-24(39-3)12-7-19)17-31(27)25-13-8-21(29(35)36)15-26(25)32(37)38/h4-13,15,17-18,27,33H,14,16H2,1-3H3,(H,35,36)/t27-/m0/s1. The fourth-order valence-corrected chi connectivity index (χ4v) is 4.63. The van der Waals surface area contributed by atoms with Crippen LogP contribution in [0.5, 0.6) is 11.5 Å². The van der Waals surface area contributed by atoms with Gasteiger partial charge in [-0.1, -0.05) is 38.1 Å². The van der Waals surface area contributed by atoms with Crippen LogP contribution in [0, 0.1) is 16.0 Å². The Bertz CT molecular complexity index is 1420. The highest BCUT2D eigenvalue weighted by Crippen LogP contribution is 2.37. The summed E-state index contributed by atoms with van der Waals surface area (Å²) in [5.41, 5.74) is 1.81. The molecule has 0 saturated heterocycles. The fourth-order valence-electron chi connectivity index (χ4n) is 4.63. The molecule has 1 aliphatic rings. The van der Waals surface area contributed by atoms with Crippen molar-refractivity contribution in [1.29, 1.82) is 0 Å². The van der Waals surface area contributed by atoms with Gasteiger partial charge in [0.05, 0.1) is 24.1 Å². The maximum absolute atomic E-state index is 14.1. The molecule has 2 N–H and O–H groups in total. The number of rotatable bonds is 9. The van der Waals surface area contributed by atoms with Gasteiger partial charge in [0.25, 0.3) is 5.69 Å². The molecule has 3 aromatic rings. The second-order valence-corrected chi connectivity index (χ2v) is 9.60. The number of hydrogen-bond donors (Lipinski definition) is 2. The Morgan fingerprint density at radius 3 is 2.26 bits per heavy atom. The highest BCUT2D eigenvalue weighted by atomic mass is 16.6. The number of phenols is 1. The van der Waals surface area contributed by atoms with Crippen molar-refractivity contribution in [2.45, 2.75) is 32.9 Å². The second kappa shape index (κ2) is 11.3. The third-order valence-corrected chi connectivity index (χ3v) is 6.60. The number of aromatic hydroxyl groups is 1. The molecule has 39 heavy (non-hydrogen) atoms. The number of methoxy groups -OCH3 is 1. The van der Waals surface area contributed by atoms with Crippen molar-refractivity contribution in [2.75, 3.05) is 12.0 Å². The number of aromatic carboxylic acids is 1. The predicted octanol–water partition coefficient (Wildman–Crippen LogP) is 4.96. The fraction of sp³-hybridized carbons (Fsp3) is 0.241. The number of carboxylic acid groups (broad SMARTS) is 1. The zero-order chi connectivity index (χ0) is 28.3. The van der Waals surface area contributed by atoms with Gasteiger partial charge < -0.3 is 24.7 Å². The first kappa shape index (κ1) is 27.2.